The van der Waals surface area contributed by atoms with Gasteiger partial charge >= 0.3 is 0 Å². The van der Waals surface area contributed by atoms with E-state index >= 15 is 0 Å². The number of nitrogens with zero attached hydrogens (tertiary/aromatic N) is 3. The fourth-order valence-corrected chi connectivity index (χ4v) is 5.41. The minimum Gasteiger partial charge on any atom is -0.482 e. The highest BCUT2D eigenvalue weighted by atomic mass is 32.2. The van der Waals surface area contributed by atoms with Crippen LogP contribution < -0.4 is 14.4 Å². The van der Waals surface area contributed by atoms with Crippen LogP contribution in [0, 0.1) is 6.92 Å². The van der Waals surface area contributed by atoms with E-state index in [1.54, 1.807) is 13.0 Å². The molecule has 1 N–H and O–H groups in total. The van der Waals surface area contributed by atoms with Crippen LogP contribution in [0.5, 0.6) is 5.75 Å². The number of amides is 1. The van der Waals surface area contributed by atoms with Crippen LogP contribution in [0.25, 0.3) is 0 Å². The molecule has 1 aliphatic carbocycles. The number of benzene rings is 2. The summed E-state index contributed by atoms with van der Waals surface area (Å²) in [5.41, 5.74) is 2.05. The molecule has 0 spiro atoms. The van der Waals surface area contributed by atoms with E-state index in [0.29, 0.717) is 41.1 Å². The molecule has 10 heteroatoms. The van der Waals surface area contributed by atoms with Crippen molar-refractivity contribution in [1.29, 1.82) is 0 Å². The Labute approximate surface area is 198 Å². The monoisotopic (exact) mass is 482 g/mol. The minimum atomic E-state index is -3.76. The number of aryl methyl sites for hydroxylation is 1. The van der Waals surface area contributed by atoms with Crippen LogP contribution in [0.15, 0.2) is 51.9 Å². The number of hydrogen-bond acceptors (Lipinski definition) is 7. The van der Waals surface area contributed by atoms with Crippen molar-refractivity contribution in [3.05, 3.63) is 65.3 Å². The van der Waals surface area contributed by atoms with Crippen LogP contribution in [0.3, 0.4) is 0 Å². The van der Waals surface area contributed by atoms with Gasteiger partial charge in [0.2, 0.25) is 15.9 Å². The van der Waals surface area contributed by atoms with Gasteiger partial charge in [-0.3, -0.25) is 9.69 Å². The molecule has 34 heavy (non-hydrogen) atoms. The van der Waals surface area contributed by atoms with E-state index < -0.39 is 10.0 Å². The highest BCUT2D eigenvalue weighted by Crippen LogP contribution is 2.38. The molecule has 1 aliphatic heterocycles. The van der Waals surface area contributed by atoms with Gasteiger partial charge in [-0.15, -0.1) is 0 Å². The Hall–Kier alpha value is -3.24. The molecule has 0 atom stereocenters. The van der Waals surface area contributed by atoms with E-state index in [1.807, 2.05) is 30.3 Å². The van der Waals surface area contributed by atoms with E-state index in [-0.39, 0.29) is 30.5 Å². The maximum absolute atomic E-state index is 13.0. The summed E-state index contributed by atoms with van der Waals surface area (Å²) in [5.74, 6) is 1.41. The van der Waals surface area contributed by atoms with Crippen molar-refractivity contribution >= 4 is 21.6 Å². The molecule has 2 heterocycles. The van der Waals surface area contributed by atoms with Crippen LogP contribution in [-0.4, -0.2) is 37.6 Å². The molecule has 1 aromatic heterocycles. The zero-order chi connectivity index (χ0) is 23.7. The van der Waals surface area contributed by atoms with Crippen molar-refractivity contribution in [1.82, 2.24) is 14.9 Å². The van der Waals surface area contributed by atoms with Gasteiger partial charge in [-0.05, 0) is 43.4 Å². The van der Waals surface area contributed by atoms with E-state index in [0.717, 1.165) is 24.8 Å². The van der Waals surface area contributed by atoms with Crippen LogP contribution in [0.1, 0.15) is 48.0 Å². The first-order valence-corrected chi connectivity index (χ1v) is 12.8. The lowest BCUT2D eigenvalue weighted by molar-refractivity contribution is -0.121. The SMILES string of the molecule is Cc1cc2c(cc1S(=O)(=O)NCCc1ccccc1)OCC(=O)N2Cc1noc(C2CCC2)n1. The molecule has 2 aromatic carbocycles. The largest absolute Gasteiger partial charge is 0.482 e. The van der Waals surface area contributed by atoms with Crippen LogP contribution >= 0.6 is 0 Å². The quantitative estimate of drug-likeness (QED) is 0.525. The number of aromatic nitrogens is 2. The third-order valence-corrected chi connectivity index (χ3v) is 7.88. The average molecular weight is 483 g/mol. The summed E-state index contributed by atoms with van der Waals surface area (Å²) < 4.78 is 39.6. The van der Waals surface area contributed by atoms with Gasteiger partial charge in [-0.2, -0.15) is 4.98 Å². The molecule has 1 saturated carbocycles. The summed E-state index contributed by atoms with van der Waals surface area (Å²) in [6.07, 6.45) is 3.81. The Balaban J connectivity index is 1.34. The maximum Gasteiger partial charge on any atom is 0.265 e. The third kappa shape index (κ3) is 4.55. The van der Waals surface area contributed by atoms with Crippen molar-refractivity contribution in [2.45, 2.75) is 50.0 Å². The van der Waals surface area contributed by atoms with E-state index in [4.69, 9.17) is 9.26 Å². The first kappa shape index (κ1) is 22.5. The van der Waals surface area contributed by atoms with E-state index in [1.165, 1.54) is 11.0 Å². The fraction of sp³-hybridized carbons (Fsp3) is 0.375. The molecule has 0 radical (unpaired) electrons. The lowest BCUT2D eigenvalue weighted by atomic mass is 9.85. The summed E-state index contributed by atoms with van der Waals surface area (Å²) in [7, 11) is -3.76. The Bertz CT molecular complexity index is 1300. The topological polar surface area (TPSA) is 115 Å². The van der Waals surface area contributed by atoms with Gasteiger partial charge in [-0.25, -0.2) is 13.1 Å². The van der Waals surface area contributed by atoms with Crippen LogP contribution in [-0.2, 0) is 27.8 Å². The van der Waals surface area contributed by atoms with Crippen LogP contribution in [0.2, 0.25) is 0 Å². The molecule has 3 aromatic rings. The fourth-order valence-electron chi connectivity index (χ4n) is 4.14. The number of ether oxygens (including phenoxy) is 1. The number of nitrogens with one attached hydrogen (secondary N) is 1. The second-order valence-corrected chi connectivity index (χ2v) is 10.4. The Morgan fingerprint density at radius 2 is 1.97 bits per heavy atom. The molecule has 178 valence electrons. The van der Waals surface area contributed by atoms with E-state index in [2.05, 4.69) is 14.9 Å². The summed E-state index contributed by atoms with van der Waals surface area (Å²) in [4.78, 5) is 18.7. The van der Waals surface area contributed by atoms with Gasteiger partial charge in [0.1, 0.15) is 5.75 Å². The number of anilines is 1. The lowest BCUT2D eigenvalue weighted by Gasteiger charge is -2.29. The number of hydrogen-bond donors (Lipinski definition) is 1. The average Bonchev–Trinajstić information content (AvgIpc) is 3.22. The molecule has 9 nitrogen and oxygen atoms in total. The summed E-state index contributed by atoms with van der Waals surface area (Å²) >= 11 is 0. The smallest absolute Gasteiger partial charge is 0.265 e. The van der Waals surface area contributed by atoms with Gasteiger partial charge in [0.25, 0.3) is 5.91 Å². The molecule has 2 aliphatic rings. The van der Waals surface area contributed by atoms with Crippen molar-refractivity contribution in [2.24, 2.45) is 0 Å². The van der Waals surface area contributed by atoms with Gasteiger partial charge < -0.3 is 9.26 Å². The Morgan fingerprint density at radius 1 is 1.18 bits per heavy atom. The third-order valence-electron chi connectivity index (χ3n) is 6.28. The molecular formula is C24H26N4O5S. The second kappa shape index (κ2) is 9.19. The number of sulfonamides is 1. The molecule has 0 unspecified atom stereocenters. The molecule has 5 rings (SSSR count). The second-order valence-electron chi connectivity index (χ2n) is 8.66. The molecule has 0 saturated heterocycles. The molecular weight excluding hydrogens is 456 g/mol. The summed E-state index contributed by atoms with van der Waals surface area (Å²) in [6, 6.07) is 12.8. The van der Waals surface area contributed by atoms with Crippen molar-refractivity contribution < 1.29 is 22.5 Å². The Morgan fingerprint density at radius 3 is 2.71 bits per heavy atom. The summed E-state index contributed by atoms with van der Waals surface area (Å²) in [6.45, 7) is 1.92. The van der Waals surface area contributed by atoms with Crippen LogP contribution in [0.4, 0.5) is 5.69 Å². The molecule has 1 amide bonds. The molecule has 1 fully saturated rings. The van der Waals surface area contributed by atoms with E-state index in [9.17, 15) is 13.2 Å². The predicted octanol–water partition coefficient (Wildman–Crippen LogP) is 3.09. The first-order valence-electron chi connectivity index (χ1n) is 11.3. The first-order chi connectivity index (χ1) is 16.4. The highest BCUT2D eigenvalue weighted by Gasteiger charge is 2.31. The highest BCUT2D eigenvalue weighted by molar-refractivity contribution is 7.89. The van der Waals surface area contributed by atoms with Crippen molar-refractivity contribution in [3.8, 4) is 5.75 Å². The standard InChI is InChI=1S/C24H26N4O5S/c1-16-12-19-20(13-21(16)34(30,31)25-11-10-17-6-3-2-4-7-17)32-15-23(29)28(19)14-22-26-24(33-27-22)18-8-5-9-18/h2-4,6-7,12-13,18,25H,5,8-11,14-15H2,1H3. The summed E-state index contributed by atoms with van der Waals surface area (Å²) in [5, 5.41) is 4.03. The predicted molar refractivity (Wildman–Crippen MR) is 124 cm³/mol. The zero-order valence-electron chi connectivity index (χ0n) is 18.9. The number of carbonyl (C=O) groups excluding carboxylic acids is 1. The number of fused-ring (bicyclic) bond motifs is 1. The number of rotatable bonds is 8. The lowest BCUT2D eigenvalue weighted by Crippen LogP contribution is -2.39. The zero-order valence-corrected chi connectivity index (χ0v) is 19.7. The van der Waals surface area contributed by atoms with Crippen molar-refractivity contribution in [2.75, 3.05) is 18.1 Å². The minimum absolute atomic E-state index is 0.125. The number of carbonyl (C=O) groups is 1. The van der Waals surface area contributed by atoms with Gasteiger partial charge in [-0.1, -0.05) is 41.9 Å². The molecule has 0 bridgehead atoms. The normalized spacial score (nSPS) is 16.1. The van der Waals surface area contributed by atoms with Gasteiger partial charge in [0.15, 0.2) is 12.4 Å². The van der Waals surface area contributed by atoms with Gasteiger partial charge in [0.05, 0.1) is 17.1 Å². The Kier molecular flexibility index (Phi) is 6.09. The maximum atomic E-state index is 13.0. The van der Waals surface area contributed by atoms with Crippen molar-refractivity contribution in [3.63, 3.8) is 0 Å². The van der Waals surface area contributed by atoms with Gasteiger partial charge in [0, 0.05) is 18.5 Å².